The zero-order valence-corrected chi connectivity index (χ0v) is 11.8. The highest BCUT2D eigenvalue weighted by Gasteiger charge is 2.21. The van der Waals surface area contributed by atoms with Crippen molar-refractivity contribution in [3.8, 4) is 0 Å². The van der Waals surface area contributed by atoms with Crippen LogP contribution in [0.5, 0.6) is 0 Å². The Kier molecular flexibility index (Phi) is 3.42. The zero-order chi connectivity index (χ0) is 14.2. The van der Waals surface area contributed by atoms with E-state index in [1.807, 2.05) is 27.7 Å². The summed E-state index contributed by atoms with van der Waals surface area (Å²) in [6.07, 6.45) is 0. The molecule has 0 saturated heterocycles. The van der Waals surface area contributed by atoms with Crippen LogP contribution < -0.4 is 5.32 Å². The fourth-order valence-corrected chi connectivity index (χ4v) is 2.33. The normalized spacial score (nSPS) is 12.5. The number of nitrogens with one attached hydrogen (secondary N) is 2. The average molecular weight is 262 g/mol. The van der Waals surface area contributed by atoms with Crippen LogP contribution >= 0.6 is 0 Å². The molecular weight excluding hydrogens is 244 g/mol. The molecular formula is C13H18N4O2. The molecule has 6 heteroatoms. The van der Waals surface area contributed by atoms with Gasteiger partial charge in [-0.15, -0.1) is 0 Å². The van der Waals surface area contributed by atoms with E-state index in [-0.39, 0.29) is 11.9 Å². The predicted molar refractivity (Wildman–Crippen MR) is 69.9 cm³/mol. The first kappa shape index (κ1) is 13.3. The monoisotopic (exact) mass is 262 g/mol. The fraction of sp³-hybridized carbons (Fsp3) is 0.462. The number of amides is 1. The van der Waals surface area contributed by atoms with Gasteiger partial charge in [-0.05, 0) is 34.6 Å². The second kappa shape index (κ2) is 4.87. The molecule has 102 valence electrons. The van der Waals surface area contributed by atoms with Gasteiger partial charge in [-0.1, -0.05) is 5.16 Å². The number of rotatable bonds is 3. The molecule has 0 aromatic carbocycles. The van der Waals surface area contributed by atoms with Crippen molar-refractivity contribution in [2.75, 3.05) is 0 Å². The van der Waals surface area contributed by atoms with Gasteiger partial charge in [0.05, 0.1) is 23.0 Å². The van der Waals surface area contributed by atoms with Gasteiger partial charge >= 0.3 is 0 Å². The number of aryl methyl sites for hydroxylation is 4. The van der Waals surface area contributed by atoms with Gasteiger partial charge in [-0.25, -0.2) is 0 Å². The first-order valence-electron chi connectivity index (χ1n) is 6.17. The van der Waals surface area contributed by atoms with Gasteiger partial charge < -0.3 is 9.84 Å². The summed E-state index contributed by atoms with van der Waals surface area (Å²) in [4.78, 5) is 12.3. The summed E-state index contributed by atoms with van der Waals surface area (Å²) >= 11 is 0. The molecule has 0 radical (unpaired) electrons. The minimum Gasteiger partial charge on any atom is -0.361 e. The van der Waals surface area contributed by atoms with Gasteiger partial charge in [0.1, 0.15) is 5.76 Å². The minimum absolute atomic E-state index is 0.142. The van der Waals surface area contributed by atoms with Crippen LogP contribution in [0.1, 0.15) is 51.7 Å². The van der Waals surface area contributed by atoms with E-state index in [9.17, 15) is 4.79 Å². The Morgan fingerprint density at radius 2 is 1.95 bits per heavy atom. The van der Waals surface area contributed by atoms with Crippen LogP contribution in [0.25, 0.3) is 0 Å². The van der Waals surface area contributed by atoms with Gasteiger partial charge in [0.2, 0.25) is 0 Å². The van der Waals surface area contributed by atoms with Crippen LogP contribution in [-0.2, 0) is 0 Å². The molecule has 0 spiro atoms. The minimum atomic E-state index is -0.160. The van der Waals surface area contributed by atoms with E-state index in [0.717, 1.165) is 22.7 Å². The Labute approximate surface area is 111 Å². The number of H-pyrrole nitrogens is 1. The molecule has 0 aliphatic carbocycles. The van der Waals surface area contributed by atoms with E-state index in [4.69, 9.17) is 4.52 Å². The Balaban J connectivity index is 2.20. The van der Waals surface area contributed by atoms with Crippen LogP contribution in [0.2, 0.25) is 0 Å². The van der Waals surface area contributed by atoms with Crippen LogP contribution in [0.3, 0.4) is 0 Å². The smallest absolute Gasteiger partial charge is 0.255 e. The van der Waals surface area contributed by atoms with Crippen molar-refractivity contribution in [1.82, 2.24) is 20.7 Å². The molecule has 6 nitrogen and oxygen atoms in total. The van der Waals surface area contributed by atoms with Gasteiger partial charge in [0.15, 0.2) is 0 Å². The molecule has 0 saturated carbocycles. The maximum absolute atomic E-state index is 12.3. The zero-order valence-electron chi connectivity index (χ0n) is 11.8. The van der Waals surface area contributed by atoms with Crippen molar-refractivity contribution in [3.05, 3.63) is 34.0 Å². The quantitative estimate of drug-likeness (QED) is 0.887. The number of hydrogen-bond acceptors (Lipinski definition) is 4. The maximum Gasteiger partial charge on any atom is 0.255 e. The predicted octanol–water partition coefficient (Wildman–Crippen LogP) is 2.12. The van der Waals surface area contributed by atoms with Gasteiger partial charge in [-0.3, -0.25) is 9.89 Å². The Morgan fingerprint density at radius 3 is 2.42 bits per heavy atom. The lowest BCUT2D eigenvalue weighted by atomic mass is 10.1. The fourth-order valence-electron chi connectivity index (χ4n) is 2.33. The molecule has 19 heavy (non-hydrogen) atoms. The lowest BCUT2D eigenvalue weighted by Crippen LogP contribution is -2.28. The first-order chi connectivity index (χ1) is 8.91. The molecule has 2 aromatic heterocycles. The van der Waals surface area contributed by atoms with Crippen LogP contribution in [0, 0.1) is 27.7 Å². The largest absolute Gasteiger partial charge is 0.361 e. The number of aromatic nitrogens is 3. The van der Waals surface area contributed by atoms with Gasteiger partial charge in [0, 0.05) is 11.3 Å². The van der Waals surface area contributed by atoms with E-state index in [1.165, 1.54) is 0 Å². The number of carbonyl (C=O) groups excluding carboxylic acids is 1. The second-order valence-electron chi connectivity index (χ2n) is 4.74. The first-order valence-corrected chi connectivity index (χ1v) is 6.17. The third-order valence-electron chi connectivity index (χ3n) is 3.22. The second-order valence-corrected chi connectivity index (χ2v) is 4.74. The summed E-state index contributed by atoms with van der Waals surface area (Å²) in [5.41, 5.74) is 3.78. The summed E-state index contributed by atoms with van der Waals surface area (Å²) in [5, 5.41) is 13.7. The summed E-state index contributed by atoms with van der Waals surface area (Å²) < 4.78 is 5.12. The van der Waals surface area contributed by atoms with Crippen molar-refractivity contribution in [3.63, 3.8) is 0 Å². The lowest BCUT2D eigenvalue weighted by Gasteiger charge is -2.13. The van der Waals surface area contributed by atoms with Gasteiger partial charge in [-0.2, -0.15) is 5.10 Å². The molecule has 0 fully saturated rings. The van der Waals surface area contributed by atoms with E-state index in [0.29, 0.717) is 11.3 Å². The molecule has 2 rings (SSSR count). The molecule has 1 atom stereocenters. The number of hydrogen-bond donors (Lipinski definition) is 2. The average Bonchev–Trinajstić information content (AvgIpc) is 2.82. The molecule has 1 unspecified atom stereocenters. The Morgan fingerprint density at radius 1 is 1.26 bits per heavy atom. The topological polar surface area (TPSA) is 83.8 Å². The van der Waals surface area contributed by atoms with Crippen molar-refractivity contribution in [2.45, 2.75) is 40.7 Å². The molecule has 1 amide bonds. The van der Waals surface area contributed by atoms with Crippen LogP contribution in [0.15, 0.2) is 4.52 Å². The number of aromatic amines is 1. The SMILES string of the molecule is Cc1n[nH]c(C)c1C(=O)NC(C)c1c(C)noc1C. The Hall–Kier alpha value is -2.11. The summed E-state index contributed by atoms with van der Waals surface area (Å²) in [5.74, 6) is 0.585. The maximum atomic E-state index is 12.3. The van der Waals surface area contributed by atoms with E-state index < -0.39 is 0 Å². The summed E-state index contributed by atoms with van der Waals surface area (Å²) in [6.45, 7) is 9.25. The van der Waals surface area contributed by atoms with Crippen molar-refractivity contribution < 1.29 is 9.32 Å². The third-order valence-corrected chi connectivity index (χ3v) is 3.22. The van der Waals surface area contributed by atoms with Gasteiger partial charge in [0.25, 0.3) is 5.91 Å². The highest BCUT2D eigenvalue weighted by atomic mass is 16.5. The summed E-state index contributed by atoms with van der Waals surface area (Å²) in [7, 11) is 0. The van der Waals surface area contributed by atoms with Crippen molar-refractivity contribution in [2.24, 2.45) is 0 Å². The van der Waals surface area contributed by atoms with E-state index in [1.54, 1.807) is 6.92 Å². The summed E-state index contributed by atoms with van der Waals surface area (Å²) in [6, 6.07) is -0.160. The van der Waals surface area contributed by atoms with Crippen molar-refractivity contribution >= 4 is 5.91 Å². The lowest BCUT2D eigenvalue weighted by molar-refractivity contribution is 0.0938. The van der Waals surface area contributed by atoms with Crippen molar-refractivity contribution in [1.29, 1.82) is 0 Å². The van der Waals surface area contributed by atoms with Crippen LogP contribution in [-0.4, -0.2) is 21.3 Å². The van der Waals surface area contributed by atoms with E-state index >= 15 is 0 Å². The number of nitrogens with zero attached hydrogens (tertiary/aromatic N) is 2. The molecule has 0 aliphatic heterocycles. The molecule has 0 bridgehead atoms. The molecule has 2 heterocycles. The number of carbonyl (C=O) groups is 1. The molecule has 0 aliphatic rings. The Bertz CT molecular complexity index is 573. The van der Waals surface area contributed by atoms with Crippen LogP contribution in [0.4, 0.5) is 0 Å². The van der Waals surface area contributed by atoms with E-state index in [2.05, 4.69) is 20.7 Å². The highest BCUT2D eigenvalue weighted by molar-refractivity contribution is 5.96. The highest BCUT2D eigenvalue weighted by Crippen LogP contribution is 2.21. The standard InChI is InChI=1S/C13H18N4O2/c1-6(11-9(4)17-19-10(11)5)14-13(18)12-7(2)15-16-8(12)3/h6H,1-5H3,(H,14,18)(H,15,16). The molecule has 2 aromatic rings. The molecule has 2 N–H and O–H groups in total. The third kappa shape index (κ3) is 2.38.